The van der Waals surface area contributed by atoms with Gasteiger partial charge >= 0.3 is 7.12 Å². The Bertz CT molecular complexity index is 591. The van der Waals surface area contributed by atoms with Gasteiger partial charge in [0.05, 0.1) is 31.0 Å². The van der Waals surface area contributed by atoms with Crippen LogP contribution < -0.4 is 9.47 Å². The number of ether oxygens (including phenoxy) is 2. The minimum atomic E-state index is -0.408. The van der Waals surface area contributed by atoms with E-state index in [1.54, 1.807) is 13.2 Å². The van der Waals surface area contributed by atoms with Crippen molar-refractivity contribution in [1.82, 2.24) is 0 Å². The van der Waals surface area contributed by atoms with Gasteiger partial charge in [-0.2, -0.15) is 5.26 Å². The third kappa shape index (κ3) is 2.92. The summed E-state index contributed by atoms with van der Waals surface area (Å²) in [6.07, 6.45) is 0.462. The second-order valence-corrected chi connectivity index (χ2v) is 6.37. The fraction of sp³-hybridized carbons (Fsp3) is 0.562. The Morgan fingerprint density at radius 1 is 1.09 bits per heavy atom. The first-order chi connectivity index (χ1) is 10.2. The summed E-state index contributed by atoms with van der Waals surface area (Å²) in [7, 11) is 2.71. The van der Waals surface area contributed by atoms with E-state index >= 15 is 0 Å². The van der Waals surface area contributed by atoms with Crippen LogP contribution in [0.5, 0.6) is 11.5 Å². The highest BCUT2D eigenvalue weighted by Gasteiger charge is 2.51. The summed E-state index contributed by atoms with van der Waals surface area (Å²) in [6, 6.07) is 5.72. The van der Waals surface area contributed by atoms with Crippen LogP contribution in [0.25, 0.3) is 0 Å². The van der Waals surface area contributed by atoms with Crippen molar-refractivity contribution in [2.75, 3.05) is 14.2 Å². The number of hydrogen-bond donors (Lipinski definition) is 0. The predicted octanol–water partition coefficient (Wildman–Crippen LogP) is 2.75. The number of benzene rings is 1. The van der Waals surface area contributed by atoms with Crippen LogP contribution in [-0.4, -0.2) is 32.5 Å². The smallest absolute Gasteiger partial charge is 0.462 e. The number of rotatable bonds is 4. The van der Waals surface area contributed by atoms with Crippen LogP contribution in [0.15, 0.2) is 12.1 Å². The normalized spacial score (nSPS) is 18.9. The molecule has 1 aliphatic rings. The lowest BCUT2D eigenvalue weighted by molar-refractivity contribution is 0.00578. The summed E-state index contributed by atoms with van der Waals surface area (Å²) in [4.78, 5) is 0. The fourth-order valence-electron chi connectivity index (χ4n) is 2.44. The molecule has 0 aromatic heterocycles. The molecule has 1 aromatic carbocycles. The van der Waals surface area contributed by atoms with Crippen molar-refractivity contribution in [3.8, 4) is 17.6 Å². The maximum atomic E-state index is 9.42. The molecule has 0 amide bonds. The summed E-state index contributed by atoms with van der Waals surface area (Å²) >= 11 is 0. The maximum Gasteiger partial charge on any atom is 0.462 e. The van der Waals surface area contributed by atoms with Crippen LogP contribution in [0, 0.1) is 11.3 Å². The van der Waals surface area contributed by atoms with Gasteiger partial charge in [0.1, 0.15) is 17.6 Å². The van der Waals surface area contributed by atoms with E-state index in [-0.39, 0.29) is 0 Å². The fourth-order valence-corrected chi connectivity index (χ4v) is 2.44. The highest BCUT2D eigenvalue weighted by Crippen LogP contribution is 2.38. The third-order valence-electron chi connectivity index (χ3n) is 4.41. The minimum absolute atomic E-state index is 0.395. The highest BCUT2D eigenvalue weighted by molar-refractivity contribution is 6.45. The summed E-state index contributed by atoms with van der Waals surface area (Å²) in [5.41, 5.74) is 0.483. The van der Waals surface area contributed by atoms with Gasteiger partial charge in [0.15, 0.2) is 0 Å². The van der Waals surface area contributed by atoms with Crippen LogP contribution in [0.2, 0.25) is 0 Å². The number of nitriles is 1. The van der Waals surface area contributed by atoms with Crippen LogP contribution in [0.4, 0.5) is 0 Å². The van der Waals surface area contributed by atoms with Crippen molar-refractivity contribution in [2.45, 2.75) is 45.2 Å². The van der Waals surface area contributed by atoms with Gasteiger partial charge in [0.2, 0.25) is 0 Å². The summed E-state index contributed by atoms with van der Waals surface area (Å²) in [5.74, 6) is 1.13. The molecule has 5 nitrogen and oxygen atoms in total. The SMILES string of the molecule is COc1cc(CB2OC(C)(C)C(C)(C)O2)c(C#N)c(OC)c1. The van der Waals surface area contributed by atoms with Gasteiger partial charge in [-0.25, -0.2) is 0 Å². The zero-order chi connectivity index (χ0) is 16.5. The Hall–Kier alpha value is -1.71. The highest BCUT2D eigenvalue weighted by atomic mass is 16.7. The molecule has 0 radical (unpaired) electrons. The first-order valence-electron chi connectivity index (χ1n) is 7.24. The molecule has 118 valence electrons. The number of methoxy groups -OCH3 is 2. The molecule has 1 aromatic rings. The topological polar surface area (TPSA) is 60.7 Å². The second-order valence-electron chi connectivity index (χ2n) is 6.37. The third-order valence-corrected chi connectivity index (χ3v) is 4.41. The largest absolute Gasteiger partial charge is 0.497 e. The molecular weight excluding hydrogens is 281 g/mol. The van der Waals surface area contributed by atoms with E-state index in [9.17, 15) is 5.26 Å². The van der Waals surface area contributed by atoms with Crippen molar-refractivity contribution in [1.29, 1.82) is 5.26 Å². The standard InChI is InChI=1S/C16H22BNO4/c1-15(2)16(3,4)22-17(21-15)9-11-7-12(19-5)8-14(20-6)13(11)10-18/h7-8H,9H2,1-6H3. The Labute approximate surface area is 132 Å². The van der Waals surface area contributed by atoms with E-state index in [0.717, 1.165) is 5.56 Å². The molecule has 0 saturated carbocycles. The molecule has 0 bridgehead atoms. The molecule has 6 heteroatoms. The average Bonchev–Trinajstić information content (AvgIpc) is 2.65. The molecule has 0 unspecified atom stereocenters. The van der Waals surface area contributed by atoms with Gasteiger partial charge in [0, 0.05) is 12.4 Å². The van der Waals surface area contributed by atoms with E-state index in [1.165, 1.54) is 7.11 Å². The van der Waals surface area contributed by atoms with Crippen LogP contribution >= 0.6 is 0 Å². The Balaban J connectivity index is 2.33. The lowest BCUT2D eigenvalue weighted by atomic mass is 9.79. The molecular formula is C16H22BNO4. The van der Waals surface area contributed by atoms with Gasteiger partial charge in [-0.05, 0) is 39.3 Å². The van der Waals surface area contributed by atoms with E-state index in [1.807, 2.05) is 33.8 Å². The molecule has 0 atom stereocenters. The minimum Gasteiger partial charge on any atom is -0.497 e. The van der Waals surface area contributed by atoms with Crippen molar-refractivity contribution in [3.05, 3.63) is 23.3 Å². The van der Waals surface area contributed by atoms with E-state index in [0.29, 0.717) is 23.4 Å². The monoisotopic (exact) mass is 303 g/mol. The van der Waals surface area contributed by atoms with E-state index in [2.05, 4.69) is 6.07 Å². The van der Waals surface area contributed by atoms with Crippen LogP contribution in [0.1, 0.15) is 38.8 Å². The summed E-state index contributed by atoms with van der Waals surface area (Å²) in [6.45, 7) is 8.02. The van der Waals surface area contributed by atoms with Gasteiger partial charge < -0.3 is 18.8 Å². The molecule has 1 saturated heterocycles. The second kappa shape index (κ2) is 5.83. The first kappa shape index (κ1) is 16.7. The van der Waals surface area contributed by atoms with Crippen molar-refractivity contribution >= 4 is 7.12 Å². The zero-order valence-corrected chi connectivity index (χ0v) is 14.0. The molecule has 0 aliphatic carbocycles. The number of nitrogens with zero attached hydrogens (tertiary/aromatic N) is 1. The quantitative estimate of drug-likeness (QED) is 0.800. The van der Waals surface area contributed by atoms with Crippen molar-refractivity contribution in [2.24, 2.45) is 0 Å². The van der Waals surface area contributed by atoms with Gasteiger partial charge in [-0.1, -0.05) is 0 Å². The molecule has 22 heavy (non-hydrogen) atoms. The number of hydrogen-bond acceptors (Lipinski definition) is 5. The average molecular weight is 303 g/mol. The molecule has 1 aliphatic heterocycles. The van der Waals surface area contributed by atoms with Gasteiger partial charge in [0.25, 0.3) is 0 Å². The summed E-state index contributed by atoms with van der Waals surface area (Å²) < 4.78 is 22.6. The maximum absolute atomic E-state index is 9.42. The Kier molecular flexibility index (Phi) is 4.41. The van der Waals surface area contributed by atoms with Crippen molar-refractivity contribution in [3.63, 3.8) is 0 Å². The summed E-state index contributed by atoms with van der Waals surface area (Å²) in [5, 5.41) is 9.42. The lowest BCUT2D eigenvalue weighted by Crippen LogP contribution is -2.41. The molecule has 1 fully saturated rings. The van der Waals surface area contributed by atoms with Gasteiger partial charge in [-0.3, -0.25) is 0 Å². The van der Waals surface area contributed by atoms with Gasteiger partial charge in [-0.15, -0.1) is 0 Å². The molecule has 0 N–H and O–H groups in total. The van der Waals surface area contributed by atoms with E-state index in [4.69, 9.17) is 18.8 Å². The van der Waals surface area contributed by atoms with E-state index < -0.39 is 18.3 Å². The van der Waals surface area contributed by atoms with Crippen LogP contribution in [-0.2, 0) is 15.6 Å². The predicted molar refractivity (Wildman–Crippen MR) is 84.0 cm³/mol. The Morgan fingerprint density at radius 2 is 1.68 bits per heavy atom. The van der Waals surface area contributed by atoms with Crippen LogP contribution in [0.3, 0.4) is 0 Å². The molecule has 2 rings (SSSR count). The molecule has 0 spiro atoms. The Morgan fingerprint density at radius 3 is 2.14 bits per heavy atom. The lowest BCUT2D eigenvalue weighted by Gasteiger charge is -2.32. The zero-order valence-electron chi connectivity index (χ0n) is 14.0. The first-order valence-corrected chi connectivity index (χ1v) is 7.24. The van der Waals surface area contributed by atoms with Crippen molar-refractivity contribution < 1.29 is 18.8 Å². The molecule has 1 heterocycles.